The van der Waals surface area contributed by atoms with Crippen molar-refractivity contribution in [2.45, 2.75) is 6.54 Å². The molecule has 2 aromatic rings. The van der Waals surface area contributed by atoms with Gasteiger partial charge in [-0.2, -0.15) is 0 Å². The van der Waals surface area contributed by atoms with E-state index in [0.717, 1.165) is 11.3 Å². The number of nitrogens with zero attached hydrogens (tertiary/aromatic N) is 2. The van der Waals surface area contributed by atoms with E-state index < -0.39 is 0 Å². The van der Waals surface area contributed by atoms with Crippen molar-refractivity contribution in [3.63, 3.8) is 0 Å². The van der Waals surface area contributed by atoms with Crippen molar-refractivity contribution in [3.8, 4) is 0 Å². The van der Waals surface area contributed by atoms with Gasteiger partial charge in [-0.3, -0.25) is 10.1 Å². The molecular formula is C15H16BrN3O2. The largest absolute Gasteiger partial charge is 0.378 e. The Morgan fingerprint density at radius 3 is 2.43 bits per heavy atom. The van der Waals surface area contributed by atoms with E-state index in [1.165, 1.54) is 6.07 Å². The fourth-order valence-electron chi connectivity index (χ4n) is 1.91. The van der Waals surface area contributed by atoms with Crippen LogP contribution in [0.5, 0.6) is 0 Å². The average Bonchev–Trinajstić information content (AvgIpc) is 2.46. The zero-order valence-electron chi connectivity index (χ0n) is 11.8. The molecule has 0 aliphatic rings. The molecule has 6 heteroatoms. The highest BCUT2D eigenvalue weighted by molar-refractivity contribution is 9.10. The zero-order valence-corrected chi connectivity index (χ0v) is 13.4. The Bertz CT molecular complexity index is 642. The van der Waals surface area contributed by atoms with Crippen molar-refractivity contribution in [2.75, 3.05) is 24.3 Å². The maximum Gasteiger partial charge on any atom is 0.293 e. The number of anilines is 2. The van der Waals surface area contributed by atoms with Gasteiger partial charge in [-0.05, 0) is 29.8 Å². The van der Waals surface area contributed by atoms with Gasteiger partial charge < -0.3 is 10.2 Å². The van der Waals surface area contributed by atoms with Crippen LogP contribution in [0.15, 0.2) is 46.9 Å². The van der Waals surface area contributed by atoms with E-state index in [9.17, 15) is 10.1 Å². The van der Waals surface area contributed by atoms with Crippen LogP contribution in [0.25, 0.3) is 0 Å². The van der Waals surface area contributed by atoms with E-state index in [1.807, 2.05) is 43.3 Å². The maximum atomic E-state index is 11.0. The topological polar surface area (TPSA) is 58.4 Å². The van der Waals surface area contributed by atoms with Gasteiger partial charge in [0.15, 0.2) is 0 Å². The van der Waals surface area contributed by atoms with Gasteiger partial charge >= 0.3 is 0 Å². The molecule has 0 atom stereocenters. The van der Waals surface area contributed by atoms with Crippen molar-refractivity contribution in [2.24, 2.45) is 0 Å². The Morgan fingerprint density at radius 1 is 1.19 bits per heavy atom. The molecule has 5 nitrogen and oxygen atoms in total. The second-order valence-electron chi connectivity index (χ2n) is 4.83. The average molecular weight is 350 g/mol. The van der Waals surface area contributed by atoms with E-state index in [4.69, 9.17) is 0 Å². The third-order valence-electron chi connectivity index (χ3n) is 3.09. The van der Waals surface area contributed by atoms with Crippen LogP contribution in [-0.4, -0.2) is 19.0 Å². The van der Waals surface area contributed by atoms with Crippen LogP contribution < -0.4 is 10.2 Å². The predicted octanol–water partition coefficient (Wildman–Crippen LogP) is 4.04. The fraction of sp³-hybridized carbons (Fsp3) is 0.200. The van der Waals surface area contributed by atoms with Gasteiger partial charge in [-0.25, -0.2) is 0 Å². The summed E-state index contributed by atoms with van der Waals surface area (Å²) in [6.45, 7) is 0.538. The summed E-state index contributed by atoms with van der Waals surface area (Å²) in [6.07, 6.45) is 0. The standard InChI is InChI=1S/C15H16BrN3O2/c1-18(2)13-6-3-11(4-7-13)10-17-14-8-5-12(16)9-15(14)19(20)21/h3-9,17H,10H2,1-2H3. The minimum atomic E-state index is -0.387. The Balaban J connectivity index is 2.11. The number of nitro benzene ring substituents is 1. The molecule has 0 aliphatic carbocycles. The van der Waals surface area contributed by atoms with Crippen LogP contribution >= 0.6 is 15.9 Å². The lowest BCUT2D eigenvalue weighted by Gasteiger charge is -2.13. The minimum Gasteiger partial charge on any atom is -0.378 e. The van der Waals surface area contributed by atoms with Gasteiger partial charge in [0.1, 0.15) is 5.69 Å². The highest BCUT2D eigenvalue weighted by Gasteiger charge is 2.13. The molecule has 0 spiro atoms. The molecule has 0 amide bonds. The molecule has 0 fully saturated rings. The SMILES string of the molecule is CN(C)c1ccc(CNc2ccc(Br)cc2[N+](=O)[O-])cc1. The van der Waals surface area contributed by atoms with Gasteiger partial charge in [-0.1, -0.05) is 28.1 Å². The summed E-state index contributed by atoms with van der Waals surface area (Å²) in [6, 6.07) is 13.0. The fourth-order valence-corrected chi connectivity index (χ4v) is 2.26. The lowest BCUT2D eigenvalue weighted by atomic mass is 10.2. The molecular weight excluding hydrogens is 334 g/mol. The van der Waals surface area contributed by atoms with Crippen LogP contribution in [0.4, 0.5) is 17.1 Å². The van der Waals surface area contributed by atoms with Crippen molar-refractivity contribution >= 4 is 33.0 Å². The molecule has 2 rings (SSSR count). The summed E-state index contributed by atoms with van der Waals surface area (Å²) in [7, 11) is 3.97. The summed E-state index contributed by atoms with van der Waals surface area (Å²) < 4.78 is 0.690. The summed E-state index contributed by atoms with van der Waals surface area (Å²) in [5, 5.41) is 14.2. The minimum absolute atomic E-state index is 0.0642. The number of hydrogen-bond acceptors (Lipinski definition) is 4. The monoisotopic (exact) mass is 349 g/mol. The molecule has 0 heterocycles. The molecule has 0 unspecified atom stereocenters. The second-order valence-corrected chi connectivity index (χ2v) is 5.75. The maximum absolute atomic E-state index is 11.0. The van der Waals surface area contributed by atoms with Crippen molar-refractivity contribution in [3.05, 3.63) is 62.6 Å². The van der Waals surface area contributed by atoms with Crippen LogP contribution in [0.1, 0.15) is 5.56 Å². The number of benzene rings is 2. The van der Waals surface area contributed by atoms with E-state index in [2.05, 4.69) is 21.2 Å². The Kier molecular flexibility index (Phi) is 4.80. The third-order valence-corrected chi connectivity index (χ3v) is 3.59. The first-order valence-corrected chi connectivity index (χ1v) is 7.21. The molecule has 0 saturated carbocycles. The highest BCUT2D eigenvalue weighted by Crippen LogP contribution is 2.28. The van der Waals surface area contributed by atoms with Gasteiger partial charge in [0.25, 0.3) is 5.69 Å². The van der Waals surface area contributed by atoms with Crippen molar-refractivity contribution in [1.29, 1.82) is 0 Å². The molecule has 0 aromatic heterocycles. The van der Waals surface area contributed by atoms with Crippen LogP contribution in [0.3, 0.4) is 0 Å². The number of nitrogens with one attached hydrogen (secondary N) is 1. The molecule has 0 saturated heterocycles. The molecule has 2 aromatic carbocycles. The molecule has 0 aliphatic heterocycles. The van der Waals surface area contributed by atoms with Gasteiger partial charge in [-0.15, -0.1) is 0 Å². The van der Waals surface area contributed by atoms with E-state index >= 15 is 0 Å². The van der Waals surface area contributed by atoms with Gasteiger partial charge in [0.2, 0.25) is 0 Å². The summed E-state index contributed by atoms with van der Waals surface area (Å²) in [4.78, 5) is 12.7. The predicted molar refractivity (Wildman–Crippen MR) is 88.9 cm³/mol. The number of hydrogen-bond donors (Lipinski definition) is 1. The normalized spacial score (nSPS) is 10.2. The first-order chi connectivity index (χ1) is 9.97. The molecule has 110 valence electrons. The smallest absolute Gasteiger partial charge is 0.293 e. The van der Waals surface area contributed by atoms with E-state index in [1.54, 1.807) is 12.1 Å². The van der Waals surface area contributed by atoms with E-state index in [-0.39, 0.29) is 10.6 Å². The van der Waals surface area contributed by atoms with Crippen LogP contribution in [0.2, 0.25) is 0 Å². The second kappa shape index (κ2) is 6.58. The zero-order chi connectivity index (χ0) is 15.4. The molecule has 0 bridgehead atoms. The summed E-state index contributed by atoms with van der Waals surface area (Å²) in [5.74, 6) is 0. The molecule has 1 N–H and O–H groups in total. The lowest BCUT2D eigenvalue weighted by Crippen LogP contribution is -2.08. The first-order valence-electron chi connectivity index (χ1n) is 6.41. The summed E-state index contributed by atoms with van der Waals surface area (Å²) in [5.41, 5.74) is 2.76. The Morgan fingerprint density at radius 2 is 1.86 bits per heavy atom. The quantitative estimate of drug-likeness (QED) is 0.653. The lowest BCUT2D eigenvalue weighted by molar-refractivity contribution is -0.384. The third kappa shape index (κ3) is 3.95. The Hall–Kier alpha value is -2.08. The highest BCUT2D eigenvalue weighted by atomic mass is 79.9. The van der Waals surface area contributed by atoms with Crippen molar-refractivity contribution < 1.29 is 4.92 Å². The Labute approximate surface area is 131 Å². The van der Waals surface area contributed by atoms with Gasteiger partial charge in [0, 0.05) is 36.9 Å². The van der Waals surface area contributed by atoms with Crippen LogP contribution in [0, 0.1) is 10.1 Å². The number of halogens is 1. The number of rotatable bonds is 5. The first kappa shape index (κ1) is 15.3. The van der Waals surface area contributed by atoms with Crippen LogP contribution in [-0.2, 0) is 6.54 Å². The van der Waals surface area contributed by atoms with E-state index in [0.29, 0.717) is 16.7 Å². The number of nitro groups is 1. The summed E-state index contributed by atoms with van der Waals surface area (Å²) >= 11 is 3.25. The van der Waals surface area contributed by atoms with Gasteiger partial charge in [0.05, 0.1) is 4.92 Å². The van der Waals surface area contributed by atoms with Crippen molar-refractivity contribution in [1.82, 2.24) is 0 Å². The molecule has 21 heavy (non-hydrogen) atoms. The molecule has 0 radical (unpaired) electrons.